The standard InChI is InChI=1S/C7H17O3PS2/c1-7(2,3)13-6-10-11(12,8-4)9-5/h6H2,1-5H3. The molecule has 80 valence electrons. The van der Waals surface area contributed by atoms with E-state index in [2.05, 4.69) is 20.8 Å². The molecule has 3 nitrogen and oxygen atoms in total. The maximum atomic E-state index is 5.35. The lowest BCUT2D eigenvalue weighted by Gasteiger charge is -2.21. The van der Waals surface area contributed by atoms with Gasteiger partial charge in [0, 0.05) is 19.0 Å². The smallest absolute Gasteiger partial charge is 0.312 e. The normalized spacial score (nSPS) is 13.3. The van der Waals surface area contributed by atoms with Crippen LogP contribution in [0.3, 0.4) is 0 Å². The lowest BCUT2D eigenvalue weighted by molar-refractivity contribution is 0.228. The van der Waals surface area contributed by atoms with Crippen LogP contribution in [0.1, 0.15) is 20.8 Å². The van der Waals surface area contributed by atoms with E-state index in [0.717, 1.165) is 0 Å². The van der Waals surface area contributed by atoms with Crippen LogP contribution in [-0.2, 0) is 25.4 Å². The van der Waals surface area contributed by atoms with E-state index >= 15 is 0 Å². The highest BCUT2D eigenvalue weighted by Crippen LogP contribution is 2.49. The molecule has 0 aliphatic heterocycles. The van der Waals surface area contributed by atoms with Gasteiger partial charge in [-0.2, -0.15) is 0 Å². The molecule has 0 atom stereocenters. The Morgan fingerprint density at radius 1 is 1.23 bits per heavy atom. The third-order valence-electron chi connectivity index (χ3n) is 1.15. The minimum Gasteiger partial charge on any atom is -0.312 e. The number of rotatable bonds is 5. The summed E-state index contributed by atoms with van der Waals surface area (Å²) in [5.41, 5.74) is 0. The summed E-state index contributed by atoms with van der Waals surface area (Å²) in [6.45, 7) is 3.89. The average Bonchev–Trinajstić information content (AvgIpc) is 2.02. The van der Waals surface area contributed by atoms with Crippen LogP contribution in [0.25, 0.3) is 0 Å². The van der Waals surface area contributed by atoms with Crippen LogP contribution in [0.15, 0.2) is 0 Å². The van der Waals surface area contributed by atoms with Gasteiger partial charge in [-0.15, -0.1) is 11.8 Å². The first-order chi connectivity index (χ1) is 5.83. The van der Waals surface area contributed by atoms with Gasteiger partial charge in [0.2, 0.25) is 0 Å². The predicted octanol–water partition coefficient (Wildman–Crippen LogP) is 3.01. The third kappa shape index (κ3) is 6.89. The highest BCUT2D eigenvalue weighted by Gasteiger charge is 2.18. The lowest BCUT2D eigenvalue weighted by Crippen LogP contribution is -2.09. The van der Waals surface area contributed by atoms with Gasteiger partial charge in [-0.25, -0.2) is 0 Å². The van der Waals surface area contributed by atoms with E-state index in [1.807, 2.05) is 0 Å². The van der Waals surface area contributed by atoms with Gasteiger partial charge in [-0.05, 0) is 11.8 Å². The summed E-state index contributed by atoms with van der Waals surface area (Å²) in [5, 5.41) is 0. The topological polar surface area (TPSA) is 27.7 Å². The van der Waals surface area contributed by atoms with Crippen LogP contribution in [0, 0.1) is 0 Å². The molecule has 0 bridgehead atoms. The highest BCUT2D eigenvalue weighted by molar-refractivity contribution is 8.08. The van der Waals surface area contributed by atoms with Crippen molar-refractivity contribution < 1.29 is 13.6 Å². The molecule has 6 heteroatoms. The van der Waals surface area contributed by atoms with Crippen LogP contribution in [0.2, 0.25) is 0 Å². The van der Waals surface area contributed by atoms with E-state index in [-0.39, 0.29) is 4.75 Å². The van der Waals surface area contributed by atoms with Crippen molar-refractivity contribution in [2.45, 2.75) is 25.5 Å². The van der Waals surface area contributed by atoms with Gasteiger partial charge in [0.15, 0.2) is 0 Å². The van der Waals surface area contributed by atoms with Gasteiger partial charge in [0.25, 0.3) is 0 Å². The van der Waals surface area contributed by atoms with E-state index in [4.69, 9.17) is 25.4 Å². The fourth-order valence-electron chi connectivity index (χ4n) is 0.448. The van der Waals surface area contributed by atoms with Crippen molar-refractivity contribution in [3.8, 4) is 0 Å². The Kier molecular flexibility index (Phi) is 6.07. The molecule has 0 fully saturated rings. The molecule has 0 aromatic heterocycles. The number of hydrogen-bond donors (Lipinski definition) is 0. The van der Waals surface area contributed by atoms with Gasteiger partial charge < -0.3 is 9.05 Å². The summed E-state index contributed by atoms with van der Waals surface area (Å²) in [7, 11) is 3.01. The van der Waals surface area contributed by atoms with Gasteiger partial charge >= 0.3 is 6.72 Å². The summed E-state index contributed by atoms with van der Waals surface area (Å²) in [4.78, 5) is 0. The molecule has 0 aliphatic carbocycles. The molecular formula is C7H17O3PS2. The predicted molar refractivity (Wildman–Crippen MR) is 61.6 cm³/mol. The molecule has 0 radical (unpaired) electrons. The van der Waals surface area contributed by atoms with E-state index < -0.39 is 6.72 Å². The van der Waals surface area contributed by atoms with Crippen molar-refractivity contribution in [1.29, 1.82) is 0 Å². The van der Waals surface area contributed by atoms with Crippen molar-refractivity contribution in [1.82, 2.24) is 0 Å². The lowest BCUT2D eigenvalue weighted by atomic mass is 10.3. The molecule has 0 amide bonds. The summed E-state index contributed by atoms with van der Waals surface area (Å²) in [6, 6.07) is 0. The second-order valence-electron chi connectivity index (χ2n) is 3.32. The van der Waals surface area contributed by atoms with Crippen LogP contribution < -0.4 is 0 Å². The molecule has 13 heavy (non-hydrogen) atoms. The van der Waals surface area contributed by atoms with Gasteiger partial charge in [0.1, 0.15) is 5.94 Å². The van der Waals surface area contributed by atoms with Crippen molar-refractivity contribution in [2.24, 2.45) is 0 Å². The molecular weight excluding hydrogens is 227 g/mol. The fraction of sp³-hybridized carbons (Fsp3) is 1.00. The Hall–Kier alpha value is 0.880. The summed E-state index contributed by atoms with van der Waals surface area (Å²) in [6.07, 6.45) is 0. The maximum absolute atomic E-state index is 5.35. The van der Waals surface area contributed by atoms with E-state index in [9.17, 15) is 0 Å². The van der Waals surface area contributed by atoms with E-state index in [0.29, 0.717) is 5.94 Å². The Morgan fingerprint density at radius 3 is 2.00 bits per heavy atom. The monoisotopic (exact) mass is 244 g/mol. The minimum absolute atomic E-state index is 0.168. The van der Waals surface area contributed by atoms with E-state index in [1.54, 1.807) is 11.8 Å². The van der Waals surface area contributed by atoms with Gasteiger partial charge in [-0.1, -0.05) is 20.8 Å². The van der Waals surface area contributed by atoms with Crippen LogP contribution >= 0.6 is 18.5 Å². The Bertz CT molecular complexity index is 183. The second-order valence-corrected chi connectivity index (χ2v) is 8.29. The van der Waals surface area contributed by atoms with Crippen molar-refractivity contribution in [2.75, 3.05) is 20.2 Å². The first-order valence-electron chi connectivity index (χ1n) is 3.83. The molecule has 0 aromatic carbocycles. The Labute approximate surface area is 89.8 Å². The molecule has 0 aliphatic rings. The second kappa shape index (κ2) is 5.69. The zero-order valence-corrected chi connectivity index (χ0v) is 11.2. The zero-order chi connectivity index (χ0) is 10.5. The van der Waals surface area contributed by atoms with Crippen molar-refractivity contribution in [3.05, 3.63) is 0 Å². The van der Waals surface area contributed by atoms with Crippen LogP contribution in [0.5, 0.6) is 0 Å². The van der Waals surface area contributed by atoms with Crippen LogP contribution in [-0.4, -0.2) is 24.9 Å². The quantitative estimate of drug-likeness (QED) is 0.547. The first-order valence-corrected chi connectivity index (χ1v) is 7.37. The molecule has 0 rings (SSSR count). The van der Waals surface area contributed by atoms with E-state index in [1.165, 1.54) is 14.2 Å². The van der Waals surface area contributed by atoms with Crippen molar-refractivity contribution >= 4 is 30.3 Å². The third-order valence-corrected chi connectivity index (χ3v) is 4.98. The fourth-order valence-corrected chi connectivity index (χ4v) is 2.28. The van der Waals surface area contributed by atoms with Gasteiger partial charge in [-0.3, -0.25) is 4.52 Å². The summed E-state index contributed by atoms with van der Waals surface area (Å²) < 4.78 is 15.5. The molecule has 0 unspecified atom stereocenters. The Morgan fingerprint density at radius 2 is 1.69 bits per heavy atom. The SMILES string of the molecule is COP(=S)(OC)OCSC(C)(C)C. The molecule has 0 saturated heterocycles. The average molecular weight is 244 g/mol. The molecule has 0 saturated carbocycles. The highest BCUT2D eigenvalue weighted by atomic mass is 32.5. The van der Waals surface area contributed by atoms with Crippen LogP contribution in [0.4, 0.5) is 0 Å². The number of thioether (sulfide) groups is 1. The summed E-state index contributed by atoms with van der Waals surface area (Å²) >= 11 is 6.69. The molecule has 0 heterocycles. The van der Waals surface area contributed by atoms with Gasteiger partial charge in [0.05, 0.1) is 0 Å². The minimum atomic E-state index is -2.45. The maximum Gasteiger partial charge on any atom is 0.327 e. The Balaban J connectivity index is 3.82. The summed E-state index contributed by atoms with van der Waals surface area (Å²) in [5.74, 6) is 0.502. The van der Waals surface area contributed by atoms with Crippen molar-refractivity contribution in [3.63, 3.8) is 0 Å². The first kappa shape index (κ1) is 13.9. The zero-order valence-electron chi connectivity index (χ0n) is 8.70. The molecule has 0 spiro atoms. The largest absolute Gasteiger partial charge is 0.327 e. The number of hydrogen-bond acceptors (Lipinski definition) is 5. The molecule has 0 aromatic rings. The molecule has 0 N–H and O–H groups in total.